The third-order valence-corrected chi connectivity index (χ3v) is 4.00. The lowest BCUT2D eigenvalue weighted by Crippen LogP contribution is -2.13. The van der Waals surface area contributed by atoms with Gasteiger partial charge in [0.25, 0.3) is 5.56 Å². The van der Waals surface area contributed by atoms with Gasteiger partial charge in [0, 0.05) is 11.6 Å². The second-order valence-corrected chi connectivity index (χ2v) is 5.62. The van der Waals surface area contributed by atoms with Crippen molar-refractivity contribution >= 4 is 39.0 Å². The van der Waals surface area contributed by atoms with Crippen molar-refractivity contribution < 1.29 is 8.78 Å². The van der Waals surface area contributed by atoms with Gasteiger partial charge in [-0.25, -0.2) is 18.9 Å². The minimum Gasteiger partial charge on any atom is -0.381 e. The number of hydrogen-bond donors (Lipinski definition) is 4. The van der Waals surface area contributed by atoms with Crippen LogP contribution >= 0.6 is 0 Å². The number of H-pyrrole nitrogens is 2. The van der Waals surface area contributed by atoms with Crippen LogP contribution in [0.1, 0.15) is 5.56 Å². The normalized spacial score (nSPS) is 11.3. The average molecular weight is 342 g/mol. The maximum Gasteiger partial charge on any atom is 0.275 e. The van der Waals surface area contributed by atoms with Gasteiger partial charge in [0.15, 0.2) is 11.6 Å². The number of aromatic nitrogens is 4. The monoisotopic (exact) mass is 342 g/mol. The molecule has 3 heterocycles. The molecule has 9 heteroatoms. The summed E-state index contributed by atoms with van der Waals surface area (Å²) in [6.45, 7) is 1.84. The molecular weight excluding hydrogens is 330 g/mol. The molecule has 4 rings (SSSR count). The standard InChI is InChI=1S/C16H12F2N6O/c1-6-4-20-13-8(6)2-7(17)3-10(13)22-15-11-9(5-21-24-16(11)25)12(18)14(19)23-15/h2-5,20H,1H3,(H,24,25)(H3,19,22,23). The van der Waals surface area contributed by atoms with Crippen LogP contribution < -0.4 is 16.6 Å². The van der Waals surface area contributed by atoms with Crippen molar-refractivity contribution in [3.05, 3.63) is 52.1 Å². The summed E-state index contributed by atoms with van der Waals surface area (Å²) >= 11 is 0. The van der Waals surface area contributed by atoms with Crippen LogP contribution in [0.5, 0.6) is 0 Å². The van der Waals surface area contributed by atoms with Gasteiger partial charge in [-0.3, -0.25) is 4.79 Å². The molecule has 5 N–H and O–H groups in total. The van der Waals surface area contributed by atoms with Gasteiger partial charge >= 0.3 is 0 Å². The largest absolute Gasteiger partial charge is 0.381 e. The number of halogens is 2. The van der Waals surface area contributed by atoms with Gasteiger partial charge in [-0.2, -0.15) is 5.10 Å². The molecule has 0 aliphatic heterocycles. The molecule has 0 unspecified atom stereocenters. The summed E-state index contributed by atoms with van der Waals surface area (Å²) in [6.07, 6.45) is 2.88. The van der Waals surface area contributed by atoms with Crippen molar-refractivity contribution in [3.63, 3.8) is 0 Å². The molecule has 126 valence electrons. The number of anilines is 3. The van der Waals surface area contributed by atoms with Crippen molar-refractivity contribution in [3.8, 4) is 0 Å². The van der Waals surface area contributed by atoms with E-state index < -0.39 is 23.0 Å². The fourth-order valence-corrected chi connectivity index (χ4v) is 2.81. The molecule has 0 radical (unpaired) electrons. The second kappa shape index (κ2) is 5.26. The van der Waals surface area contributed by atoms with E-state index in [-0.39, 0.29) is 16.6 Å². The fourth-order valence-electron chi connectivity index (χ4n) is 2.81. The molecule has 0 saturated carbocycles. The van der Waals surface area contributed by atoms with Crippen molar-refractivity contribution in [2.24, 2.45) is 0 Å². The molecule has 0 fully saturated rings. The lowest BCUT2D eigenvalue weighted by atomic mass is 10.1. The predicted octanol–water partition coefficient (Wildman–Crippen LogP) is 2.71. The molecule has 25 heavy (non-hydrogen) atoms. The van der Waals surface area contributed by atoms with Crippen molar-refractivity contribution in [1.82, 2.24) is 20.2 Å². The Morgan fingerprint density at radius 1 is 1.24 bits per heavy atom. The number of fused-ring (bicyclic) bond motifs is 2. The first-order chi connectivity index (χ1) is 12.0. The zero-order valence-corrected chi connectivity index (χ0v) is 12.9. The number of aromatic amines is 2. The Morgan fingerprint density at radius 2 is 2.04 bits per heavy atom. The minimum absolute atomic E-state index is 0.0108. The van der Waals surface area contributed by atoms with E-state index in [1.165, 1.54) is 12.1 Å². The zero-order valence-electron chi connectivity index (χ0n) is 12.9. The van der Waals surface area contributed by atoms with Crippen molar-refractivity contribution in [2.75, 3.05) is 11.1 Å². The Kier molecular flexibility index (Phi) is 3.17. The van der Waals surface area contributed by atoms with Crippen LogP contribution in [-0.4, -0.2) is 20.2 Å². The summed E-state index contributed by atoms with van der Waals surface area (Å²) < 4.78 is 28.1. The van der Waals surface area contributed by atoms with Crippen LogP contribution in [0.15, 0.2) is 29.3 Å². The van der Waals surface area contributed by atoms with E-state index in [4.69, 9.17) is 5.73 Å². The SMILES string of the molecule is Cc1c[nH]c2c(Nc3nc(N)c(F)c4cn[nH]c(=O)c34)cc(F)cc12. The zero-order chi connectivity index (χ0) is 17.7. The lowest BCUT2D eigenvalue weighted by Gasteiger charge is -2.11. The molecule has 0 aliphatic rings. The molecule has 3 aromatic heterocycles. The van der Waals surface area contributed by atoms with Gasteiger partial charge < -0.3 is 16.0 Å². The van der Waals surface area contributed by atoms with E-state index in [0.29, 0.717) is 16.6 Å². The minimum atomic E-state index is -0.834. The molecule has 7 nitrogen and oxygen atoms in total. The van der Waals surface area contributed by atoms with Crippen LogP contribution in [0.25, 0.3) is 21.7 Å². The van der Waals surface area contributed by atoms with Crippen LogP contribution in [0.3, 0.4) is 0 Å². The van der Waals surface area contributed by atoms with Crippen LogP contribution in [-0.2, 0) is 0 Å². The fraction of sp³-hybridized carbons (Fsp3) is 0.0625. The Balaban J connectivity index is 1.99. The predicted molar refractivity (Wildman–Crippen MR) is 90.8 cm³/mol. The molecule has 0 saturated heterocycles. The quantitative estimate of drug-likeness (QED) is 0.447. The molecule has 0 amide bonds. The molecule has 0 aliphatic carbocycles. The average Bonchev–Trinajstić information content (AvgIpc) is 2.93. The van der Waals surface area contributed by atoms with E-state index in [2.05, 4.69) is 25.5 Å². The van der Waals surface area contributed by atoms with Crippen LogP contribution in [0.2, 0.25) is 0 Å². The Morgan fingerprint density at radius 3 is 2.84 bits per heavy atom. The van der Waals surface area contributed by atoms with Crippen LogP contribution in [0.4, 0.5) is 26.1 Å². The summed E-state index contributed by atoms with van der Waals surface area (Å²) in [7, 11) is 0. The van der Waals surface area contributed by atoms with Gasteiger partial charge in [-0.05, 0) is 24.6 Å². The first kappa shape index (κ1) is 15.1. The number of pyridine rings is 1. The number of nitrogens with two attached hydrogens (primary N) is 1. The van der Waals surface area contributed by atoms with Gasteiger partial charge in [0.05, 0.1) is 28.2 Å². The maximum atomic E-state index is 14.1. The third-order valence-electron chi connectivity index (χ3n) is 4.00. The number of rotatable bonds is 2. The Hall–Kier alpha value is -3.49. The Labute approximate surface area is 138 Å². The van der Waals surface area contributed by atoms with Crippen molar-refractivity contribution in [1.29, 1.82) is 0 Å². The molecule has 0 spiro atoms. The summed E-state index contributed by atoms with van der Waals surface area (Å²) in [4.78, 5) is 19.0. The number of benzene rings is 1. The Bertz CT molecular complexity index is 1200. The summed E-state index contributed by atoms with van der Waals surface area (Å²) in [6, 6.07) is 2.65. The number of aryl methyl sites for hydroxylation is 1. The van der Waals surface area contributed by atoms with Gasteiger partial charge in [0.1, 0.15) is 11.6 Å². The summed E-state index contributed by atoms with van der Waals surface area (Å²) in [5.74, 6) is -1.68. The van der Waals surface area contributed by atoms with Crippen LogP contribution in [0, 0.1) is 18.6 Å². The van der Waals surface area contributed by atoms with Gasteiger partial charge in [0.2, 0.25) is 0 Å². The number of hydrogen-bond acceptors (Lipinski definition) is 5. The molecule has 0 atom stereocenters. The van der Waals surface area contributed by atoms with Crippen molar-refractivity contribution in [2.45, 2.75) is 6.92 Å². The molecule has 0 bridgehead atoms. The number of nitrogen functional groups attached to an aromatic ring is 1. The highest BCUT2D eigenvalue weighted by Crippen LogP contribution is 2.31. The highest BCUT2D eigenvalue weighted by atomic mass is 19.1. The summed E-state index contributed by atoms with van der Waals surface area (Å²) in [5.41, 5.74) is 6.78. The topological polar surface area (TPSA) is 112 Å². The van der Waals surface area contributed by atoms with E-state index in [9.17, 15) is 13.6 Å². The molecule has 1 aromatic carbocycles. The highest BCUT2D eigenvalue weighted by molar-refractivity contribution is 5.99. The molecule has 4 aromatic rings. The lowest BCUT2D eigenvalue weighted by molar-refractivity contribution is 0.630. The first-order valence-electron chi connectivity index (χ1n) is 7.32. The number of nitrogens with zero attached hydrogens (tertiary/aromatic N) is 2. The van der Waals surface area contributed by atoms with Gasteiger partial charge in [-0.1, -0.05) is 0 Å². The van der Waals surface area contributed by atoms with E-state index in [1.807, 2.05) is 6.92 Å². The second-order valence-electron chi connectivity index (χ2n) is 5.62. The molecular formula is C16H12F2N6O. The summed E-state index contributed by atoms with van der Waals surface area (Å²) in [5, 5.41) is 9.23. The first-order valence-corrected chi connectivity index (χ1v) is 7.32. The van der Waals surface area contributed by atoms with E-state index >= 15 is 0 Å². The smallest absolute Gasteiger partial charge is 0.275 e. The van der Waals surface area contributed by atoms with E-state index in [0.717, 1.165) is 11.8 Å². The highest BCUT2D eigenvalue weighted by Gasteiger charge is 2.17. The van der Waals surface area contributed by atoms with E-state index in [1.54, 1.807) is 6.20 Å². The van der Waals surface area contributed by atoms with Gasteiger partial charge in [-0.15, -0.1) is 0 Å². The third kappa shape index (κ3) is 2.28. The maximum absolute atomic E-state index is 14.1. The number of nitrogens with one attached hydrogen (secondary N) is 3.